The maximum atomic E-state index is 7.83. The Hall–Kier alpha value is -6.46. The molecule has 1 aromatic heterocycles. The Kier molecular flexibility index (Phi) is 10.8. The summed E-state index contributed by atoms with van der Waals surface area (Å²) in [7, 11) is 0. The number of anilines is 9. The van der Waals surface area contributed by atoms with Crippen LogP contribution in [0.3, 0.4) is 0 Å². The molecular weight excluding hydrogens is 934 g/mol. The third-order valence-corrected chi connectivity index (χ3v) is 19.7. The normalized spacial score (nSPS) is 20.8. The molecule has 4 nitrogen and oxygen atoms in total. The number of benzene rings is 7. The van der Waals surface area contributed by atoms with Gasteiger partial charge in [0.2, 0.25) is 0 Å². The molecule has 7 aromatic carbocycles. The summed E-state index contributed by atoms with van der Waals surface area (Å²) in [6.45, 7) is 36.0. The summed E-state index contributed by atoms with van der Waals surface area (Å²) in [5.41, 5.74) is 25.1. The quantitative estimate of drug-likeness (QED) is 0.160. The van der Waals surface area contributed by atoms with Crippen LogP contribution in [0, 0.1) is 0 Å². The fraction of sp³-hybridized carbons (Fsp3) is 0.389. The van der Waals surface area contributed by atoms with E-state index in [2.05, 4.69) is 258 Å². The van der Waals surface area contributed by atoms with Gasteiger partial charge in [0.05, 0.1) is 17.0 Å². The fourth-order valence-electron chi connectivity index (χ4n) is 14.5. The Morgan fingerprint density at radius 1 is 0.442 bits per heavy atom. The Labute approximate surface area is 461 Å². The fourth-order valence-corrected chi connectivity index (χ4v) is 14.5. The van der Waals surface area contributed by atoms with Crippen LogP contribution in [0.5, 0.6) is 0 Å². The van der Waals surface area contributed by atoms with Crippen molar-refractivity contribution in [2.24, 2.45) is 0 Å². The molecule has 0 unspecified atom stereocenters. The van der Waals surface area contributed by atoms with E-state index in [1.54, 1.807) is 0 Å². The van der Waals surface area contributed by atoms with Gasteiger partial charge in [-0.2, -0.15) is 0 Å². The van der Waals surface area contributed by atoms with Crippen molar-refractivity contribution in [2.75, 3.05) is 14.7 Å². The molecule has 0 atom stereocenters. The molecule has 3 heterocycles. The molecule has 8 aromatic rings. The Morgan fingerprint density at radius 3 is 1.53 bits per heavy atom. The minimum absolute atomic E-state index is 0.00342. The first kappa shape index (κ1) is 50.1. The number of rotatable bonds is 5. The first-order valence-electron chi connectivity index (χ1n) is 29.0. The summed E-state index contributed by atoms with van der Waals surface area (Å²) >= 11 is 0. The first-order valence-corrected chi connectivity index (χ1v) is 29.0. The molecule has 14 rings (SSSR count). The van der Waals surface area contributed by atoms with Crippen LogP contribution in [0.25, 0.3) is 11.0 Å². The van der Waals surface area contributed by atoms with Crippen LogP contribution in [-0.2, 0) is 37.9 Å². The van der Waals surface area contributed by atoms with E-state index in [4.69, 9.17) is 4.42 Å². The molecule has 0 spiro atoms. The zero-order valence-electron chi connectivity index (χ0n) is 48.8. The molecule has 0 amide bonds. The molecule has 0 N–H and O–H groups in total. The summed E-state index contributed by atoms with van der Waals surface area (Å²) < 4.78 is 7.83. The summed E-state index contributed by atoms with van der Waals surface area (Å²) in [5.74, 6) is 0. The van der Waals surface area contributed by atoms with Crippen molar-refractivity contribution in [3.63, 3.8) is 0 Å². The van der Waals surface area contributed by atoms with Crippen molar-refractivity contribution in [3.05, 3.63) is 178 Å². The third kappa shape index (κ3) is 7.73. The summed E-state index contributed by atoms with van der Waals surface area (Å²) in [6, 6.07) is 54.5. The van der Waals surface area contributed by atoms with Gasteiger partial charge in [-0.15, -0.1) is 0 Å². The van der Waals surface area contributed by atoms with E-state index in [-0.39, 0.29) is 44.6 Å². The lowest BCUT2D eigenvalue weighted by atomic mass is 9.35. The van der Waals surface area contributed by atoms with Gasteiger partial charge in [0.15, 0.2) is 0 Å². The van der Waals surface area contributed by atoms with Gasteiger partial charge in [-0.05, 0) is 205 Å². The van der Waals surface area contributed by atoms with Crippen molar-refractivity contribution in [1.29, 1.82) is 0 Å². The molecule has 5 heteroatoms. The Balaban J connectivity index is 1.21. The molecule has 2 aliphatic heterocycles. The molecule has 0 saturated heterocycles. The highest BCUT2D eigenvalue weighted by atomic mass is 16.3. The van der Waals surface area contributed by atoms with E-state index in [9.17, 15) is 0 Å². The average Bonchev–Trinajstić information content (AvgIpc) is 3.97. The van der Waals surface area contributed by atoms with E-state index in [1.807, 2.05) is 0 Å². The smallest absolute Gasteiger partial charge is 0.297 e. The number of nitrogens with zero attached hydrogens (tertiary/aromatic N) is 3. The zero-order chi connectivity index (χ0) is 54.1. The Morgan fingerprint density at radius 2 is 0.974 bits per heavy atom. The van der Waals surface area contributed by atoms with Gasteiger partial charge in [-0.3, -0.25) is 0 Å². The van der Waals surface area contributed by atoms with Crippen LogP contribution in [0.15, 0.2) is 144 Å². The molecule has 1 saturated carbocycles. The van der Waals surface area contributed by atoms with E-state index >= 15 is 0 Å². The van der Waals surface area contributed by atoms with Gasteiger partial charge >= 0.3 is 0 Å². The van der Waals surface area contributed by atoms with Crippen LogP contribution in [-0.4, -0.2) is 6.71 Å². The average molecular weight is 1010 g/mol. The van der Waals surface area contributed by atoms with Crippen molar-refractivity contribution in [3.8, 4) is 0 Å². The van der Waals surface area contributed by atoms with Gasteiger partial charge in [0.1, 0.15) is 5.58 Å². The minimum atomic E-state index is -0.191. The number of furan rings is 1. The minimum Gasteiger partial charge on any atom is -0.468 e. The lowest BCUT2D eigenvalue weighted by molar-refractivity contribution is 0.188. The maximum absolute atomic E-state index is 7.83. The predicted molar refractivity (Wildman–Crippen MR) is 329 cm³/mol. The van der Waals surface area contributed by atoms with Crippen LogP contribution in [0.4, 0.5) is 51.2 Å². The third-order valence-electron chi connectivity index (χ3n) is 19.7. The zero-order valence-corrected chi connectivity index (χ0v) is 48.8. The number of para-hydroxylation sites is 2. The number of fused-ring (bicyclic) bond motifs is 9. The van der Waals surface area contributed by atoms with Gasteiger partial charge in [-0.25, -0.2) is 0 Å². The standard InChI is InChI=1S/C72H80BN3O/c1-66(2,3)45-26-29-59-58(39-45)73-63-60(75(59)51-37-46(67(4,5)6)36-47(38-51)68(7,8)9)41-52(74(48-22-18-16-19-23-48)49-24-20-17-21-25-49)42-61(63)76(50-27-28-54-55(40-50)70(12,13)31-30-69(54,10)11)64-53-43-56-57(44-62(53)77-65(64)73)72(15)34-32-71(56,14)33-35-72/h16-29,36-44H,30-35H2,1-15H3. The monoisotopic (exact) mass is 1010 g/mol. The second-order valence-corrected chi connectivity index (χ2v) is 29.1. The molecule has 0 radical (unpaired) electrons. The molecule has 77 heavy (non-hydrogen) atoms. The van der Waals surface area contributed by atoms with Crippen LogP contribution in [0.2, 0.25) is 0 Å². The van der Waals surface area contributed by atoms with E-state index < -0.39 is 0 Å². The maximum Gasteiger partial charge on any atom is 0.297 e. The first-order chi connectivity index (χ1) is 36.2. The second-order valence-electron chi connectivity index (χ2n) is 29.1. The van der Waals surface area contributed by atoms with Crippen molar-refractivity contribution in [1.82, 2.24) is 0 Å². The van der Waals surface area contributed by atoms with E-state index in [0.717, 1.165) is 34.7 Å². The van der Waals surface area contributed by atoms with Crippen LogP contribution in [0.1, 0.15) is 181 Å². The lowest BCUT2D eigenvalue weighted by Crippen LogP contribution is -2.61. The van der Waals surface area contributed by atoms with Crippen LogP contribution >= 0.6 is 0 Å². The van der Waals surface area contributed by atoms with Gasteiger partial charge in [0, 0.05) is 45.2 Å². The Bertz CT molecular complexity index is 3630. The highest BCUT2D eigenvalue weighted by molar-refractivity contribution is 7.00. The molecule has 6 aliphatic rings. The summed E-state index contributed by atoms with van der Waals surface area (Å²) in [4.78, 5) is 7.79. The van der Waals surface area contributed by atoms with Crippen molar-refractivity contribution >= 4 is 85.5 Å². The van der Waals surface area contributed by atoms with Crippen molar-refractivity contribution < 1.29 is 4.42 Å². The highest BCUT2D eigenvalue weighted by Gasteiger charge is 2.51. The highest BCUT2D eigenvalue weighted by Crippen LogP contribution is 2.59. The second kappa shape index (κ2) is 16.5. The van der Waals surface area contributed by atoms with Crippen LogP contribution < -0.4 is 31.3 Å². The summed E-state index contributed by atoms with van der Waals surface area (Å²) in [6.07, 6.45) is 7.20. The predicted octanol–water partition coefficient (Wildman–Crippen LogP) is 18.3. The molecule has 4 aliphatic carbocycles. The topological polar surface area (TPSA) is 22.9 Å². The number of hydrogen-bond donors (Lipinski definition) is 0. The van der Waals surface area contributed by atoms with Gasteiger partial charge in [-0.1, -0.05) is 165 Å². The van der Waals surface area contributed by atoms with E-state index in [0.29, 0.717) is 0 Å². The van der Waals surface area contributed by atoms with Crippen molar-refractivity contribution in [2.45, 2.75) is 180 Å². The van der Waals surface area contributed by atoms with E-state index in [1.165, 1.54) is 121 Å². The molecular formula is C72H80BN3O. The largest absolute Gasteiger partial charge is 0.468 e. The molecule has 2 bridgehead atoms. The lowest BCUT2D eigenvalue weighted by Gasteiger charge is -2.52. The molecule has 392 valence electrons. The SMILES string of the molecule is CC(C)(C)c1cc(N2c3ccc(C(C)(C)C)cc3B3c4oc5cc6c(cc5c4N(c4ccc5c(c4)C(C)(C)CCC5(C)C)c4cc(N(c5ccccc5)c5ccccc5)cc2c43)C2(C)CCC6(C)CC2)cc(C(C)(C)C)c1. The van der Waals surface area contributed by atoms with Gasteiger partial charge < -0.3 is 19.1 Å². The number of hydrogen-bond acceptors (Lipinski definition) is 4. The summed E-state index contributed by atoms with van der Waals surface area (Å²) in [5, 5.41) is 1.22. The van der Waals surface area contributed by atoms with Gasteiger partial charge in [0.25, 0.3) is 6.71 Å². The molecule has 1 fully saturated rings.